The number of aryl methyl sites for hydroxylation is 1. The average Bonchev–Trinajstić information content (AvgIpc) is 2.54. The number of nitrogens with one attached hydrogen (secondary N) is 1. The number of hydrogen-bond acceptors (Lipinski definition) is 4. The molecule has 2 aromatic rings. The van der Waals surface area contributed by atoms with Crippen LogP contribution in [0.4, 0.5) is 5.69 Å². The lowest BCUT2D eigenvalue weighted by Gasteiger charge is -2.28. The fourth-order valence-electron chi connectivity index (χ4n) is 2.78. The Morgan fingerprint density at radius 2 is 2.04 bits per heavy atom. The molecule has 2 amide bonds. The predicted octanol–water partition coefficient (Wildman–Crippen LogP) is 0.937. The van der Waals surface area contributed by atoms with Crippen LogP contribution in [0.3, 0.4) is 0 Å². The van der Waals surface area contributed by atoms with E-state index in [0.29, 0.717) is 30.8 Å². The molecule has 0 aliphatic carbocycles. The summed E-state index contributed by atoms with van der Waals surface area (Å²) in [5, 5.41) is 6.91. The number of benzene rings is 1. The third-order valence-electron chi connectivity index (χ3n) is 3.95. The summed E-state index contributed by atoms with van der Waals surface area (Å²) < 4.78 is 1.31. The monoisotopic (exact) mass is 326 g/mol. The quantitative estimate of drug-likeness (QED) is 0.890. The summed E-state index contributed by atoms with van der Waals surface area (Å²) in [6.07, 6.45) is 0.612. The van der Waals surface area contributed by atoms with Crippen molar-refractivity contribution in [1.82, 2.24) is 14.7 Å². The van der Waals surface area contributed by atoms with Gasteiger partial charge in [-0.15, -0.1) is 0 Å². The van der Waals surface area contributed by atoms with E-state index in [1.54, 1.807) is 36.2 Å². The number of carbonyl (C=O) groups is 2. The van der Waals surface area contributed by atoms with Gasteiger partial charge in [0.25, 0.3) is 11.5 Å². The maximum Gasteiger partial charge on any atom is 0.266 e. The molecule has 0 atom stereocenters. The highest BCUT2D eigenvalue weighted by atomic mass is 16.2. The van der Waals surface area contributed by atoms with Gasteiger partial charge in [0.15, 0.2) is 0 Å². The van der Waals surface area contributed by atoms with E-state index in [2.05, 4.69) is 10.4 Å². The van der Waals surface area contributed by atoms with Crippen LogP contribution in [0.15, 0.2) is 35.1 Å². The second-order valence-electron chi connectivity index (χ2n) is 5.82. The van der Waals surface area contributed by atoms with Gasteiger partial charge >= 0.3 is 0 Å². The van der Waals surface area contributed by atoms with Gasteiger partial charge in [-0.1, -0.05) is 6.07 Å². The predicted molar refractivity (Wildman–Crippen MR) is 88.7 cm³/mol. The van der Waals surface area contributed by atoms with E-state index in [-0.39, 0.29) is 17.4 Å². The van der Waals surface area contributed by atoms with Crippen molar-refractivity contribution in [2.45, 2.75) is 19.9 Å². The first-order valence-electron chi connectivity index (χ1n) is 7.67. The Labute approximate surface area is 138 Å². The molecule has 1 N–H and O–H groups in total. The number of nitrogens with zero attached hydrogens (tertiary/aromatic N) is 3. The Balaban J connectivity index is 1.82. The summed E-state index contributed by atoms with van der Waals surface area (Å²) >= 11 is 0. The summed E-state index contributed by atoms with van der Waals surface area (Å²) in [7, 11) is 1.62. The average molecular weight is 326 g/mol. The maximum absolute atomic E-state index is 12.7. The van der Waals surface area contributed by atoms with Gasteiger partial charge in [0.1, 0.15) is 0 Å². The number of hydrogen-bond donors (Lipinski definition) is 1. The number of carbonyl (C=O) groups excluding carboxylic acids is 2. The van der Waals surface area contributed by atoms with E-state index >= 15 is 0 Å². The molecule has 3 rings (SSSR count). The van der Waals surface area contributed by atoms with E-state index in [1.165, 1.54) is 17.7 Å². The largest absolute Gasteiger partial charge is 0.334 e. The summed E-state index contributed by atoms with van der Waals surface area (Å²) in [6.45, 7) is 2.33. The summed E-state index contributed by atoms with van der Waals surface area (Å²) in [6, 6.07) is 8.37. The van der Waals surface area contributed by atoms with E-state index in [9.17, 15) is 14.4 Å². The molecule has 0 saturated heterocycles. The molecule has 0 fully saturated rings. The van der Waals surface area contributed by atoms with Crippen LogP contribution >= 0.6 is 0 Å². The Morgan fingerprint density at radius 3 is 2.79 bits per heavy atom. The van der Waals surface area contributed by atoms with Crippen molar-refractivity contribution in [1.29, 1.82) is 0 Å². The molecule has 0 radical (unpaired) electrons. The fourth-order valence-corrected chi connectivity index (χ4v) is 2.78. The van der Waals surface area contributed by atoms with Crippen LogP contribution < -0.4 is 10.9 Å². The maximum atomic E-state index is 12.7. The zero-order valence-electron chi connectivity index (χ0n) is 13.6. The first-order valence-corrected chi connectivity index (χ1v) is 7.67. The van der Waals surface area contributed by atoms with Gasteiger partial charge in [0.2, 0.25) is 5.91 Å². The van der Waals surface area contributed by atoms with Crippen molar-refractivity contribution >= 4 is 17.5 Å². The highest BCUT2D eigenvalue weighted by Gasteiger charge is 2.23. The highest BCUT2D eigenvalue weighted by Crippen LogP contribution is 2.19. The van der Waals surface area contributed by atoms with Crippen molar-refractivity contribution in [2.24, 2.45) is 7.05 Å². The smallest absolute Gasteiger partial charge is 0.266 e. The Kier molecular flexibility index (Phi) is 4.16. The third kappa shape index (κ3) is 3.19. The number of amides is 2. The number of rotatable bonds is 2. The van der Waals surface area contributed by atoms with E-state index < -0.39 is 0 Å². The molecule has 7 heteroatoms. The lowest BCUT2D eigenvalue weighted by atomic mass is 10.0. The van der Waals surface area contributed by atoms with Crippen LogP contribution in [-0.2, 0) is 24.8 Å². The minimum Gasteiger partial charge on any atom is -0.334 e. The van der Waals surface area contributed by atoms with Crippen molar-refractivity contribution in [2.75, 3.05) is 11.9 Å². The normalized spacial score (nSPS) is 13.3. The van der Waals surface area contributed by atoms with Gasteiger partial charge in [-0.2, -0.15) is 5.10 Å². The molecule has 124 valence electrons. The second kappa shape index (κ2) is 6.27. The van der Waals surface area contributed by atoms with Crippen LogP contribution in [0.2, 0.25) is 0 Å². The summed E-state index contributed by atoms with van der Waals surface area (Å²) in [4.78, 5) is 37.3. The van der Waals surface area contributed by atoms with Crippen molar-refractivity contribution < 1.29 is 9.59 Å². The molecule has 1 aliphatic heterocycles. The summed E-state index contributed by atoms with van der Waals surface area (Å²) in [5.74, 6) is -0.318. The molecule has 1 aliphatic rings. The van der Waals surface area contributed by atoms with Gasteiger partial charge in [0.05, 0.1) is 5.69 Å². The Bertz CT molecular complexity index is 872. The second-order valence-corrected chi connectivity index (χ2v) is 5.82. The standard InChI is InChI=1S/C17H18N4O3/c1-11(22)18-14-5-3-4-12(8-14)17(24)21-7-6-15-13(10-21)9-16(23)20(2)19-15/h3-5,8-9H,6-7,10H2,1-2H3,(H,18,22). The molecule has 7 nitrogen and oxygen atoms in total. The molecule has 1 aromatic heterocycles. The van der Waals surface area contributed by atoms with E-state index in [4.69, 9.17) is 0 Å². The molecule has 1 aromatic carbocycles. The molecular weight excluding hydrogens is 308 g/mol. The zero-order chi connectivity index (χ0) is 17.3. The molecular formula is C17H18N4O3. The molecule has 0 unspecified atom stereocenters. The van der Waals surface area contributed by atoms with Crippen molar-refractivity contribution in [3.8, 4) is 0 Å². The van der Waals surface area contributed by atoms with Crippen molar-refractivity contribution in [3.63, 3.8) is 0 Å². The first kappa shape index (κ1) is 15.9. The molecule has 24 heavy (non-hydrogen) atoms. The van der Waals surface area contributed by atoms with Crippen LogP contribution in [0.1, 0.15) is 28.5 Å². The SMILES string of the molecule is CC(=O)Nc1cccc(C(=O)N2CCc3nn(C)c(=O)cc3C2)c1. The minimum absolute atomic E-state index is 0.131. The minimum atomic E-state index is -0.187. The molecule has 2 heterocycles. The molecule has 0 bridgehead atoms. The number of aromatic nitrogens is 2. The lowest BCUT2D eigenvalue weighted by Crippen LogP contribution is -2.38. The summed E-state index contributed by atoms with van der Waals surface area (Å²) in [5.41, 5.74) is 2.54. The van der Waals surface area contributed by atoms with Crippen molar-refractivity contribution in [3.05, 3.63) is 57.5 Å². The Morgan fingerprint density at radius 1 is 1.25 bits per heavy atom. The number of anilines is 1. The van der Waals surface area contributed by atoms with Crippen LogP contribution in [0.5, 0.6) is 0 Å². The van der Waals surface area contributed by atoms with Gasteiger partial charge in [0, 0.05) is 56.4 Å². The van der Waals surface area contributed by atoms with Crippen LogP contribution in [0, 0.1) is 0 Å². The van der Waals surface area contributed by atoms with Crippen LogP contribution in [-0.4, -0.2) is 33.0 Å². The number of fused-ring (bicyclic) bond motifs is 1. The zero-order valence-corrected chi connectivity index (χ0v) is 13.6. The van der Waals surface area contributed by atoms with E-state index in [1.807, 2.05) is 0 Å². The van der Waals surface area contributed by atoms with Gasteiger partial charge in [-0.25, -0.2) is 4.68 Å². The third-order valence-corrected chi connectivity index (χ3v) is 3.95. The Hall–Kier alpha value is -2.96. The van der Waals surface area contributed by atoms with E-state index in [0.717, 1.165) is 11.3 Å². The highest BCUT2D eigenvalue weighted by molar-refractivity contribution is 5.96. The van der Waals surface area contributed by atoms with Gasteiger partial charge < -0.3 is 10.2 Å². The first-order chi connectivity index (χ1) is 11.4. The molecule has 0 saturated carbocycles. The lowest BCUT2D eigenvalue weighted by molar-refractivity contribution is -0.114. The van der Waals surface area contributed by atoms with Gasteiger partial charge in [-0.05, 0) is 18.2 Å². The van der Waals surface area contributed by atoms with Crippen LogP contribution in [0.25, 0.3) is 0 Å². The fraction of sp³-hybridized carbons (Fsp3) is 0.294. The van der Waals surface area contributed by atoms with Gasteiger partial charge in [-0.3, -0.25) is 14.4 Å². The molecule has 0 spiro atoms. The topological polar surface area (TPSA) is 84.3 Å².